The molecule has 0 saturated carbocycles. The van der Waals surface area contributed by atoms with Gasteiger partial charge in [-0.05, 0) is 20.3 Å². The van der Waals surface area contributed by atoms with Crippen molar-refractivity contribution in [2.75, 3.05) is 0 Å². The zero-order chi connectivity index (χ0) is 15.2. The maximum absolute atomic E-state index is 11.4. The molecule has 0 atom stereocenters. The molecule has 0 N–H and O–H groups in total. The van der Waals surface area contributed by atoms with Gasteiger partial charge in [-0.15, -0.1) is 0 Å². The van der Waals surface area contributed by atoms with Crippen LogP contribution >= 0.6 is 0 Å². The summed E-state index contributed by atoms with van der Waals surface area (Å²) in [6, 6.07) is 0. The van der Waals surface area contributed by atoms with Crippen molar-refractivity contribution in [1.82, 2.24) is 0 Å². The second-order valence-electron chi connectivity index (χ2n) is 5.59. The first kappa shape index (κ1) is 23.2. The van der Waals surface area contributed by atoms with E-state index in [4.69, 9.17) is 0 Å². The van der Waals surface area contributed by atoms with E-state index in [0.29, 0.717) is 6.42 Å². The van der Waals surface area contributed by atoms with Crippen LogP contribution in [0.15, 0.2) is 11.6 Å². The van der Waals surface area contributed by atoms with Crippen molar-refractivity contribution in [3.8, 4) is 0 Å². The Kier molecular flexibility index (Phi) is 17.9. The Bertz CT molecular complexity index is 307. The number of carbonyl (C=O) groups is 2. The Hall–Kier alpha value is -0.120. The molecule has 0 aliphatic rings. The van der Waals surface area contributed by atoms with Crippen molar-refractivity contribution in [2.24, 2.45) is 0 Å². The summed E-state index contributed by atoms with van der Waals surface area (Å²) < 4.78 is 4.68. The first-order valence-electron chi connectivity index (χ1n) is 7.95. The summed E-state index contributed by atoms with van der Waals surface area (Å²) in [5, 5.41) is 0. The first-order valence-corrected chi connectivity index (χ1v) is 7.95. The molecule has 0 unspecified atom stereocenters. The zero-order valence-electron chi connectivity index (χ0n) is 13.4. The van der Waals surface area contributed by atoms with Crippen LogP contribution in [0.5, 0.6) is 0 Å². The van der Waals surface area contributed by atoms with Crippen LogP contribution in [0.2, 0.25) is 0 Å². The van der Waals surface area contributed by atoms with Crippen LogP contribution in [0.25, 0.3) is 0 Å². The van der Waals surface area contributed by atoms with Gasteiger partial charge in [-0.1, -0.05) is 63.9 Å². The fourth-order valence-electron chi connectivity index (χ4n) is 2.01. The SMILES string of the molecule is CCCCCCCCCCCC(=O)OC(=O)C=C(C)C.[NaH]. The summed E-state index contributed by atoms with van der Waals surface area (Å²) in [6.45, 7) is 5.82. The second-order valence-corrected chi connectivity index (χ2v) is 5.59. The molecule has 0 aromatic rings. The quantitative estimate of drug-likeness (QED) is 0.188. The van der Waals surface area contributed by atoms with Crippen LogP contribution in [-0.2, 0) is 14.3 Å². The number of hydrogen-bond donors (Lipinski definition) is 0. The molecule has 3 nitrogen and oxygen atoms in total. The summed E-state index contributed by atoms with van der Waals surface area (Å²) in [5.74, 6) is -0.957. The molecule has 0 radical (unpaired) electrons. The molecule has 21 heavy (non-hydrogen) atoms. The van der Waals surface area contributed by atoms with Crippen LogP contribution in [0.3, 0.4) is 0 Å². The monoisotopic (exact) mass is 306 g/mol. The number of carbonyl (C=O) groups excluding carboxylic acids is 2. The van der Waals surface area contributed by atoms with Crippen molar-refractivity contribution < 1.29 is 14.3 Å². The summed E-state index contributed by atoms with van der Waals surface area (Å²) in [4.78, 5) is 22.6. The molecular formula is C17H31NaO3. The third kappa shape index (κ3) is 17.8. The van der Waals surface area contributed by atoms with E-state index in [1.165, 1.54) is 51.0 Å². The van der Waals surface area contributed by atoms with Gasteiger partial charge in [-0.25, -0.2) is 4.79 Å². The fraction of sp³-hybridized carbons (Fsp3) is 0.765. The minimum absolute atomic E-state index is 0. The molecule has 0 aliphatic carbocycles. The van der Waals surface area contributed by atoms with E-state index in [1.54, 1.807) is 13.8 Å². The van der Waals surface area contributed by atoms with E-state index in [-0.39, 0.29) is 29.6 Å². The third-order valence-electron chi connectivity index (χ3n) is 3.11. The number of unbranched alkanes of at least 4 members (excludes halogenated alkanes) is 8. The van der Waals surface area contributed by atoms with E-state index in [1.807, 2.05) is 0 Å². The predicted molar refractivity (Wildman–Crippen MR) is 89.5 cm³/mol. The van der Waals surface area contributed by atoms with Crippen molar-refractivity contribution >= 4 is 41.5 Å². The Morgan fingerprint density at radius 3 is 1.81 bits per heavy atom. The molecule has 0 aromatic carbocycles. The Balaban J connectivity index is 0. The summed E-state index contributed by atoms with van der Waals surface area (Å²) in [5.41, 5.74) is 0.839. The molecule has 0 fully saturated rings. The maximum atomic E-state index is 11.4. The van der Waals surface area contributed by atoms with Crippen LogP contribution in [0.4, 0.5) is 0 Å². The van der Waals surface area contributed by atoms with Crippen molar-refractivity contribution in [3.63, 3.8) is 0 Å². The van der Waals surface area contributed by atoms with Gasteiger partial charge < -0.3 is 4.74 Å². The van der Waals surface area contributed by atoms with Gasteiger partial charge in [-0.3, -0.25) is 4.79 Å². The number of esters is 2. The molecule has 0 aromatic heterocycles. The predicted octanol–water partition coefficient (Wildman–Crippen LogP) is 4.29. The molecule has 0 spiro atoms. The van der Waals surface area contributed by atoms with Gasteiger partial charge in [0.05, 0.1) is 0 Å². The molecule has 0 amide bonds. The van der Waals surface area contributed by atoms with Gasteiger partial charge in [0.1, 0.15) is 0 Å². The van der Waals surface area contributed by atoms with Crippen LogP contribution in [0.1, 0.15) is 85.0 Å². The van der Waals surface area contributed by atoms with E-state index in [0.717, 1.165) is 18.4 Å². The van der Waals surface area contributed by atoms with Crippen molar-refractivity contribution in [3.05, 3.63) is 11.6 Å². The molecule has 0 saturated heterocycles. The second kappa shape index (κ2) is 16.3. The minimum atomic E-state index is -0.550. The Morgan fingerprint density at radius 2 is 1.33 bits per heavy atom. The van der Waals surface area contributed by atoms with Gasteiger partial charge in [0.2, 0.25) is 0 Å². The average Bonchev–Trinajstić information content (AvgIpc) is 2.35. The standard InChI is InChI=1S/C17H30O3.Na.H/c1-4-5-6-7-8-9-10-11-12-13-16(18)20-17(19)14-15(2)3;;/h14H,4-13H2,1-3H3;;. The average molecular weight is 306 g/mol. The summed E-state index contributed by atoms with van der Waals surface area (Å²) >= 11 is 0. The Labute approximate surface area is 152 Å². The number of ether oxygens (including phenoxy) is 1. The number of allylic oxidation sites excluding steroid dienone is 1. The van der Waals surface area contributed by atoms with Crippen LogP contribution in [0, 0.1) is 0 Å². The van der Waals surface area contributed by atoms with Crippen molar-refractivity contribution in [2.45, 2.75) is 85.0 Å². The van der Waals surface area contributed by atoms with Crippen molar-refractivity contribution in [1.29, 1.82) is 0 Å². The Morgan fingerprint density at radius 1 is 0.857 bits per heavy atom. The van der Waals surface area contributed by atoms with Gasteiger partial charge >= 0.3 is 41.5 Å². The van der Waals surface area contributed by atoms with E-state index in [2.05, 4.69) is 11.7 Å². The molecule has 0 bridgehead atoms. The van der Waals surface area contributed by atoms with Crippen LogP contribution in [-0.4, -0.2) is 41.5 Å². The molecular weight excluding hydrogens is 275 g/mol. The molecule has 4 heteroatoms. The van der Waals surface area contributed by atoms with Gasteiger partial charge in [0.15, 0.2) is 0 Å². The third-order valence-corrected chi connectivity index (χ3v) is 3.11. The first-order chi connectivity index (χ1) is 9.56. The summed E-state index contributed by atoms with van der Waals surface area (Å²) in [7, 11) is 0. The van der Waals surface area contributed by atoms with Gasteiger partial charge in [0, 0.05) is 12.5 Å². The number of rotatable bonds is 11. The van der Waals surface area contributed by atoms with Gasteiger partial charge in [-0.2, -0.15) is 0 Å². The topological polar surface area (TPSA) is 43.4 Å². The molecule has 0 aliphatic heterocycles. The van der Waals surface area contributed by atoms with Gasteiger partial charge in [0.25, 0.3) is 0 Å². The van der Waals surface area contributed by atoms with E-state index >= 15 is 0 Å². The molecule has 0 heterocycles. The fourth-order valence-corrected chi connectivity index (χ4v) is 2.01. The molecule has 0 rings (SSSR count). The van der Waals surface area contributed by atoms with E-state index < -0.39 is 11.9 Å². The van der Waals surface area contributed by atoms with Crippen LogP contribution < -0.4 is 0 Å². The zero-order valence-corrected chi connectivity index (χ0v) is 13.4. The normalized spacial score (nSPS) is 9.67. The number of hydrogen-bond acceptors (Lipinski definition) is 3. The molecule has 118 valence electrons. The summed E-state index contributed by atoms with van der Waals surface area (Å²) in [6.07, 6.45) is 12.5. The van der Waals surface area contributed by atoms with E-state index in [9.17, 15) is 9.59 Å².